The third-order valence-electron chi connectivity index (χ3n) is 5.79. The first kappa shape index (κ1) is 25.9. The minimum absolute atomic E-state index is 0.0424. The van der Waals surface area contributed by atoms with E-state index in [0.717, 1.165) is 38.5 Å². The second-order valence-corrected chi connectivity index (χ2v) is 8.22. The highest BCUT2D eigenvalue weighted by Crippen LogP contribution is 2.37. The Bertz CT molecular complexity index is 361. The first-order valence-electron chi connectivity index (χ1n) is 11.4. The normalized spacial score (nSPS) is 11.6. The Balaban J connectivity index is 4.41. The molecule has 160 valence electrons. The summed E-state index contributed by atoms with van der Waals surface area (Å²) in [5.41, 5.74) is -0.842. The van der Waals surface area contributed by atoms with Gasteiger partial charge in [0.1, 0.15) is 0 Å². The van der Waals surface area contributed by atoms with Crippen molar-refractivity contribution in [3.05, 3.63) is 0 Å². The quantitative estimate of drug-likeness (QED) is 0.218. The Kier molecular flexibility index (Phi) is 16.4. The van der Waals surface area contributed by atoms with Gasteiger partial charge in [-0.1, -0.05) is 104 Å². The van der Waals surface area contributed by atoms with E-state index in [1.807, 2.05) is 0 Å². The molecule has 0 spiro atoms. The van der Waals surface area contributed by atoms with Crippen LogP contribution in [0.1, 0.15) is 129 Å². The van der Waals surface area contributed by atoms with Gasteiger partial charge >= 0.3 is 11.9 Å². The van der Waals surface area contributed by atoms with Crippen molar-refractivity contribution in [3.63, 3.8) is 0 Å². The van der Waals surface area contributed by atoms with E-state index < -0.39 is 17.4 Å². The van der Waals surface area contributed by atoms with E-state index in [9.17, 15) is 14.7 Å². The van der Waals surface area contributed by atoms with Crippen LogP contribution in [-0.2, 0) is 9.59 Å². The van der Waals surface area contributed by atoms with Gasteiger partial charge in [0.2, 0.25) is 0 Å². The maximum absolute atomic E-state index is 12.1. The van der Waals surface area contributed by atoms with Gasteiger partial charge in [0.15, 0.2) is 0 Å². The molecule has 0 aliphatic carbocycles. The van der Waals surface area contributed by atoms with Crippen molar-refractivity contribution in [1.29, 1.82) is 0 Å². The van der Waals surface area contributed by atoms with Crippen LogP contribution >= 0.6 is 0 Å². The van der Waals surface area contributed by atoms with Crippen molar-refractivity contribution < 1.29 is 19.8 Å². The average Bonchev–Trinajstić information content (AvgIpc) is 2.63. The Morgan fingerprint density at radius 1 is 0.593 bits per heavy atom. The molecule has 0 aliphatic heterocycles. The lowest BCUT2D eigenvalue weighted by atomic mass is 9.74. The molecule has 0 heterocycles. The summed E-state index contributed by atoms with van der Waals surface area (Å²) >= 11 is 0. The highest BCUT2D eigenvalue weighted by atomic mass is 16.4. The Morgan fingerprint density at radius 2 is 0.963 bits per heavy atom. The van der Waals surface area contributed by atoms with Gasteiger partial charge in [-0.15, -0.1) is 0 Å². The van der Waals surface area contributed by atoms with Gasteiger partial charge < -0.3 is 10.2 Å². The van der Waals surface area contributed by atoms with Gasteiger partial charge in [-0.2, -0.15) is 0 Å². The number of aliphatic carboxylic acids is 2. The predicted octanol–water partition coefficient (Wildman–Crippen LogP) is 7.20. The molecule has 0 aliphatic rings. The van der Waals surface area contributed by atoms with E-state index in [-0.39, 0.29) is 12.8 Å². The van der Waals surface area contributed by atoms with Gasteiger partial charge in [0, 0.05) is 6.42 Å². The smallest absolute Gasteiger partial charge is 0.309 e. The molecule has 0 aromatic rings. The molecular weight excluding hydrogens is 340 g/mol. The van der Waals surface area contributed by atoms with E-state index in [0.29, 0.717) is 12.8 Å². The second-order valence-electron chi connectivity index (χ2n) is 8.22. The zero-order valence-corrected chi connectivity index (χ0v) is 17.9. The molecule has 0 unspecified atom stereocenters. The molecular formula is C23H44O4. The van der Waals surface area contributed by atoms with Gasteiger partial charge in [0.25, 0.3) is 0 Å². The van der Waals surface area contributed by atoms with Crippen LogP contribution in [0.25, 0.3) is 0 Å². The number of carboxylic acid groups (broad SMARTS) is 2. The summed E-state index contributed by atoms with van der Waals surface area (Å²) in [4.78, 5) is 23.1. The van der Waals surface area contributed by atoms with Crippen molar-refractivity contribution >= 4 is 11.9 Å². The third-order valence-corrected chi connectivity index (χ3v) is 5.79. The first-order chi connectivity index (χ1) is 13.0. The van der Waals surface area contributed by atoms with Crippen LogP contribution in [-0.4, -0.2) is 22.2 Å². The van der Waals surface area contributed by atoms with Crippen LogP contribution in [0.15, 0.2) is 0 Å². The fraction of sp³-hybridized carbons (Fsp3) is 0.913. The minimum atomic E-state index is -0.889. The van der Waals surface area contributed by atoms with Crippen LogP contribution in [0.4, 0.5) is 0 Å². The molecule has 0 saturated heterocycles. The van der Waals surface area contributed by atoms with Gasteiger partial charge in [0.05, 0.1) is 5.41 Å². The molecule has 0 amide bonds. The fourth-order valence-corrected chi connectivity index (χ4v) is 3.88. The largest absolute Gasteiger partial charge is 0.481 e. The number of hydrogen-bond donors (Lipinski definition) is 2. The van der Waals surface area contributed by atoms with Gasteiger partial charge in [-0.3, -0.25) is 9.59 Å². The highest BCUT2D eigenvalue weighted by molar-refractivity contribution is 5.76. The zero-order valence-electron chi connectivity index (χ0n) is 17.9. The Hall–Kier alpha value is -1.06. The summed E-state index contributed by atoms with van der Waals surface area (Å²) in [6.07, 6.45) is 17.7. The van der Waals surface area contributed by atoms with Gasteiger partial charge in [-0.05, 0) is 19.3 Å². The molecule has 0 radical (unpaired) electrons. The molecule has 0 fully saturated rings. The van der Waals surface area contributed by atoms with Crippen LogP contribution < -0.4 is 0 Å². The maximum Gasteiger partial charge on any atom is 0.309 e. The van der Waals surface area contributed by atoms with Crippen LogP contribution in [0.5, 0.6) is 0 Å². The Labute approximate surface area is 167 Å². The van der Waals surface area contributed by atoms with Crippen molar-refractivity contribution in [3.8, 4) is 0 Å². The summed E-state index contributed by atoms with van der Waals surface area (Å²) in [6, 6.07) is 0. The third kappa shape index (κ3) is 13.7. The number of carboxylic acids is 2. The highest BCUT2D eigenvalue weighted by Gasteiger charge is 2.37. The van der Waals surface area contributed by atoms with Crippen molar-refractivity contribution in [1.82, 2.24) is 0 Å². The molecule has 0 aromatic carbocycles. The number of unbranched alkanes of at least 4 members (excludes halogenated alkanes) is 12. The lowest BCUT2D eigenvalue weighted by molar-refractivity contribution is -0.151. The van der Waals surface area contributed by atoms with Crippen LogP contribution in [0.3, 0.4) is 0 Å². The van der Waals surface area contributed by atoms with Crippen molar-refractivity contribution in [2.75, 3.05) is 0 Å². The Morgan fingerprint density at radius 3 is 1.30 bits per heavy atom. The van der Waals surface area contributed by atoms with E-state index in [1.54, 1.807) is 0 Å². The minimum Gasteiger partial charge on any atom is -0.481 e. The van der Waals surface area contributed by atoms with Crippen molar-refractivity contribution in [2.24, 2.45) is 5.41 Å². The topological polar surface area (TPSA) is 74.6 Å². The molecule has 4 nitrogen and oxygen atoms in total. The number of carbonyl (C=O) groups is 2. The first-order valence-corrected chi connectivity index (χ1v) is 11.4. The number of rotatable bonds is 20. The van der Waals surface area contributed by atoms with E-state index in [2.05, 4.69) is 13.8 Å². The number of hydrogen-bond acceptors (Lipinski definition) is 2. The van der Waals surface area contributed by atoms with E-state index in [4.69, 9.17) is 5.11 Å². The zero-order chi connectivity index (χ0) is 20.4. The SMILES string of the molecule is CCCCCCCCCC(CCCCCCCCC)(CCC(=O)O)C(=O)O. The predicted molar refractivity (Wildman–Crippen MR) is 112 cm³/mol. The monoisotopic (exact) mass is 384 g/mol. The van der Waals surface area contributed by atoms with Crippen molar-refractivity contribution in [2.45, 2.75) is 129 Å². The summed E-state index contributed by atoms with van der Waals surface area (Å²) in [5, 5.41) is 18.9. The summed E-state index contributed by atoms with van der Waals surface area (Å²) in [6.45, 7) is 4.40. The average molecular weight is 385 g/mol. The molecule has 2 N–H and O–H groups in total. The van der Waals surface area contributed by atoms with E-state index >= 15 is 0 Å². The van der Waals surface area contributed by atoms with Gasteiger partial charge in [-0.25, -0.2) is 0 Å². The van der Waals surface area contributed by atoms with Crippen LogP contribution in [0, 0.1) is 5.41 Å². The molecule has 0 saturated carbocycles. The summed E-state index contributed by atoms with van der Waals surface area (Å²) < 4.78 is 0. The summed E-state index contributed by atoms with van der Waals surface area (Å²) in [7, 11) is 0. The molecule has 4 heteroatoms. The lowest BCUT2D eigenvalue weighted by Gasteiger charge is -2.29. The second kappa shape index (κ2) is 17.1. The molecule has 0 rings (SSSR count). The maximum atomic E-state index is 12.1. The molecule has 0 aromatic heterocycles. The lowest BCUT2D eigenvalue weighted by Crippen LogP contribution is -2.32. The van der Waals surface area contributed by atoms with Crippen LogP contribution in [0.2, 0.25) is 0 Å². The molecule has 0 atom stereocenters. The molecule has 0 bridgehead atoms. The van der Waals surface area contributed by atoms with E-state index in [1.165, 1.54) is 51.4 Å². The summed E-state index contributed by atoms with van der Waals surface area (Å²) in [5.74, 6) is -1.68. The molecule has 27 heavy (non-hydrogen) atoms. The standard InChI is InChI=1S/C23H44O4/c1-3-5-7-9-11-13-15-18-23(22(26)27,20-17-21(24)25)19-16-14-12-10-8-6-4-2/h3-20H2,1-2H3,(H,24,25)(H,26,27). The fourth-order valence-electron chi connectivity index (χ4n) is 3.88.